The first kappa shape index (κ1) is 11.7. The van der Waals surface area contributed by atoms with Gasteiger partial charge in [-0.1, -0.05) is 18.2 Å². The van der Waals surface area contributed by atoms with E-state index in [0.717, 1.165) is 0 Å². The topological polar surface area (TPSA) is 72.5 Å². The number of sulfone groups is 1. The summed E-state index contributed by atoms with van der Waals surface area (Å²) in [6.45, 7) is -0.0734. The highest BCUT2D eigenvalue weighted by atomic mass is 32.2. The third-order valence-electron chi connectivity index (χ3n) is 1.69. The summed E-state index contributed by atoms with van der Waals surface area (Å²) in [5, 5.41) is 0. The summed E-state index contributed by atoms with van der Waals surface area (Å²) in [5.74, 6) is -0.169. The molecule has 5 nitrogen and oxygen atoms in total. The van der Waals surface area contributed by atoms with Crippen LogP contribution in [-0.4, -0.2) is 27.2 Å². The minimum Gasteiger partial charge on any atom is -0.277 e. The normalized spacial score (nSPS) is 10.9. The molecular formula is C9H11NO4S. The Bertz CT molecular complexity index is 401. The molecule has 0 aliphatic heterocycles. The number of hydrogen-bond donors (Lipinski definition) is 1. The number of amides is 1. The van der Waals surface area contributed by atoms with E-state index < -0.39 is 9.84 Å². The van der Waals surface area contributed by atoms with Crippen molar-refractivity contribution in [3.63, 3.8) is 0 Å². The van der Waals surface area contributed by atoms with Crippen LogP contribution < -0.4 is 5.48 Å². The van der Waals surface area contributed by atoms with Crippen LogP contribution in [0.1, 0.15) is 0 Å². The van der Waals surface area contributed by atoms with Gasteiger partial charge in [-0.2, -0.15) is 0 Å². The van der Waals surface area contributed by atoms with Crippen LogP contribution in [0.3, 0.4) is 0 Å². The molecule has 0 saturated heterocycles. The fourth-order valence-electron chi connectivity index (χ4n) is 0.990. The van der Waals surface area contributed by atoms with Crippen LogP contribution >= 0.6 is 0 Å². The summed E-state index contributed by atoms with van der Waals surface area (Å²) >= 11 is 0. The Kier molecular flexibility index (Phi) is 4.26. The molecule has 1 aromatic rings. The van der Waals surface area contributed by atoms with E-state index in [-0.39, 0.29) is 17.3 Å². The van der Waals surface area contributed by atoms with Gasteiger partial charge in [-0.15, -0.1) is 0 Å². The van der Waals surface area contributed by atoms with Crippen molar-refractivity contribution in [2.75, 3.05) is 12.4 Å². The molecule has 0 saturated carbocycles. The first-order chi connectivity index (χ1) is 7.17. The maximum atomic E-state index is 11.6. The summed E-state index contributed by atoms with van der Waals surface area (Å²) in [4.78, 5) is 14.6. The molecule has 0 bridgehead atoms. The third kappa shape index (κ3) is 3.69. The Morgan fingerprint density at radius 2 is 1.93 bits per heavy atom. The molecule has 0 spiro atoms. The van der Waals surface area contributed by atoms with Crippen molar-refractivity contribution < 1.29 is 18.0 Å². The van der Waals surface area contributed by atoms with Gasteiger partial charge in [0.05, 0.1) is 17.3 Å². The SMILES string of the molecule is O=CNOCCS(=O)(=O)c1ccccc1. The van der Waals surface area contributed by atoms with Crippen molar-refractivity contribution >= 4 is 16.2 Å². The fourth-order valence-corrected chi connectivity index (χ4v) is 2.10. The maximum absolute atomic E-state index is 11.6. The quantitative estimate of drug-likeness (QED) is 0.428. The summed E-state index contributed by atoms with van der Waals surface area (Å²) < 4.78 is 23.2. The molecule has 0 unspecified atom stereocenters. The van der Waals surface area contributed by atoms with Gasteiger partial charge in [-0.3, -0.25) is 9.63 Å². The summed E-state index contributed by atoms with van der Waals surface area (Å²) in [7, 11) is -3.32. The highest BCUT2D eigenvalue weighted by Gasteiger charge is 2.13. The molecule has 82 valence electrons. The van der Waals surface area contributed by atoms with E-state index in [1.54, 1.807) is 18.2 Å². The van der Waals surface area contributed by atoms with E-state index in [4.69, 9.17) is 0 Å². The van der Waals surface area contributed by atoms with Gasteiger partial charge in [-0.05, 0) is 12.1 Å². The predicted molar refractivity (Wildman–Crippen MR) is 53.6 cm³/mol. The van der Waals surface area contributed by atoms with E-state index in [1.807, 2.05) is 5.48 Å². The number of carbonyl (C=O) groups is 1. The first-order valence-electron chi connectivity index (χ1n) is 4.25. The standard InChI is InChI=1S/C9H11NO4S/c11-8-10-14-6-7-15(12,13)9-4-2-1-3-5-9/h1-5,8H,6-7H2,(H,10,11). The number of hydrogen-bond acceptors (Lipinski definition) is 4. The lowest BCUT2D eigenvalue weighted by Gasteiger charge is -2.03. The van der Waals surface area contributed by atoms with Gasteiger partial charge in [-0.25, -0.2) is 13.9 Å². The zero-order valence-corrected chi connectivity index (χ0v) is 8.74. The van der Waals surface area contributed by atoms with Crippen LogP contribution in [0.5, 0.6) is 0 Å². The largest absolute Gasteiger partial charge is 0.277 e. The monoisotopic (exact) mass is 229 g/mol. The third-order valence-corrected chi connectivity index (χ3v) is 3.38. The highest BCUT2D eigenvalue weighted by molar-refractivity contribution is 7.91. The molecule has 1 aromatic carbocycles. The lowest BCUT2D eigenvalue weighted by molar-refractivity contribution is -0.120. The minimum absolute atomic E-state index is 0.0734. The number of rotatable bonds is 6. The fraction of sp³-hybridized carbons (Fsp3) is 0.222. The average molecular weight is 229 g/mol. The lowest BCUT2D eigenvalue weighted by atomic mass is 10.4. The lowest BCUT2D eigenvalue weighted by Crippen LogP contribution is -2.19. The maximum Gasteiger partial charge on any atom is 0.230 e. The Labute approximate surface area is 87.9 Å². The minimum atomic E-state index is -3.32. The van der Waals surface area contributed by atoms with Crippen molar-refractivity contribution in [3.8, 4) is 0 Å². The number of hydroxylamine groups is 1. The molecule has 0 aliphatic rings. The highest BCUT2D eigenvalue weighted by Crippen LogP contribution is 2.09. The van der Waals surface area contributed by atoms with E-state index in [2.05, 4.69) is 4.84 Å². The molecule has 0 aromatic heterocycles. The van der Waals surface area contributed by atoms with E-state index in [1.165, 1.54) is 12.1 Å². The molecule has 6 heteroatoms. The van der Waals surface area contributed by atoms with Crippen LogP contribution in [0.2, 0.25) is 0 Å². The zero-order valence-electron chi connectivity index (χ0n) is 7.92. The molecule has 0 atom stereocenters. The van der Waals surface area contributed by atoms with Crippen LogP contribution in [0.25, 0.3) is 0 Å². The van der Waals surface area contributed by atoms with Crippen LogP contribution in [0.15, 0.2) is 35.2 Å². The molecule has 0 aliphatic carbocycles. The molecular weight excluding hydrogens is 218 g/mol. The van der Waals surface area contributed by atoms with Gasteiger partial charge in [0, 0.05) is 0 Å². The van der Waals surface area contributed by atoms with Crippen LogP contribution in [0.4, 0.5) is 0 Å². The van der Waals surface area contributed by atoms with E-state index in [0.29, 0.717) is 6.41 Å². The second-order valence-electron chi connectivity index (χ2n) is 2.72. The summed E-state index contributed by atoms with van der Waals surface area (Å²) in [6, 6.07) is 8.07. The van der Waals surface area contributed by atoms with Crippen molar-refractivity contribution in [1.29, 1.82) is 0 Å². The number of carbonyl (C=O) groups excluding carboxylic acids is 1. The van der Waals surface area contributed by atoms with Gasteiger partial charge in [0.25, 0.3) is 0 Å². The Hall–Kier alpha value is -1.40. The molecule has 1 amide bonds. The Morgan fingerprint density at radius 1 is 1.27 bits per heavy atom. The van der Waals surface area contributed by atoms with E-state index in [9.17, 15) is 13.2 Å². The second-order valence-corrected chi connectivity index (χ2v) is 4.83. The number of nitrogens with one attached hydrogen (secondary N) is 1. The average Bonchev–Trinajstić information content (AvgIpc) is 2.26. The second kappa shape index (κ2) is 5.47. The van der Waals surface area contributed by atoms with Crippen molar-refractivity contribution in [1.82, 2.24) is 5.48 Å². The van der Waals surface area contributed by atoms with Crippen molar-refractivity contribution in [3.05, 3.63) is 30.3 Å². The summed E-state index contributed by atoms with van der Waals surface area (Å²) in [6.07, 6.45) is 0.342. The molecule has 1 rings (SSSR count). The number of benzene rings is 1. The predicted octanol–water partition coefficient (Wildman–Crippen LogP) is 0.138. The zero-order chi connectivity index (χ0) is 11.1. The molecule has 0 radical (unpaired) electrons. The van der Waals surface area contributed by atoms with Gasteiger partial charge in [0.15, 0.2) is 9.84 Å². The van der Waals surface area contributed by atoms with Crippen LogP contribution in [0, 0.1) is 0 Å². The molecule has 0 fully saturated rings. The van der Waals surface area contributed by atoms with E-state index >= 15 is 0 Å². The summed E-state index contributed by atoms with van der Waals surface area (Å²) in [5.41, 5.74) is 1.93. The Balaban J connectivity index is 2.57. The molecule has 15 heavy (non-hydrogen) atoms. The smallest absolute Gasteiger partial charge is 0.230 e. The first-order valence-corrected chi connectivity index (χ1v) is 5.91. The molecule has 0 heterocycles. The molecule has 1 N–H and O–H groups in total. The van der Waals surface area contributed by atoms with Crippen molar-refractivity contribution in [2.45, 2.75) is 4.90 Å². The van der Waals surface area contributed by atoms with Gasteiger partial charge >= 0.3 is 0 Å². The Morgan fingerprint density at radius 3 is 2.53 bits per heavy atom. The van der Waals surface area contributed by atoms with Gasteiger partial charge < -0.3 is 0 Å². The van der Waals surface area contributed by atoms with Crippen LogP contribution in [-0.2, 0) is 19.5 Å². The van der Waals surface area contributed by atoms with Gasteiger partial charge in [0.1, 0.15) is 0 Å². The van der Waals surface area contributed by atoms with Gasteiger partial charge in [0.2, 0.25) is 6.41 Å². The van der Waals surface area contributed by atoms with Crippen molar-refractivity contribution in [2.24, 2.45) is 0 Å².